The lowest BCUT2D eigenvalue weighted by atomic mass is 9.52. The maximum absolute atomic E-state index is 13.0. The Kier molecular flexibility index (Phi) is 4.62. The van der Waals surface area contributed by atoms with Crippen LogP contribution in [-0.4, -0.2) is 37.6 Å². The van der Waals surface area contributed by atoms with Gasteiger partial charge in [-0.1, -0.05) is 18.9 Å². The predicted molar refractivity (Wildman–Crippen MR) is 116 cm³/mol. The molecule has 0 spiro atoms. The minimum Gasteiger partial charge on any atom is -0.497 e. The van der Waals surface area contributed by atoms with Crippen molar-refractivity contribution in [1.82, 2.24) is 4.90 Å². The fourth-order valence-corrected chi connectivity index (χ4v) is 6.22. The number of carbonyl (C=O) groups excluding carboxylic acids is 1. The first-order valence-electron chi connectivity index (χ1n) is 10.9. The van der Waals surface area contributed by atoms with E-state index < -0.39 is 0 Å². The van der Waals surface area contributed by atoms with Crippen molar-refractivity contribution >= 4 is 11.6 Å². The molecule has 1 saturated carbocycles. The summed E-state index contributed by atoms with van der Waals surface area (Å²) in [5.41, 5.74) is 4.77. The molecule has 1 N–H and O–H groups in total. The molecule has 0 aromatic heterocycles. The van der Waals surface area contributed by atoms with Crippen LogP contribution in [0.15, 0.2) is 42.5 Å². The lowest BCUT2D eigenvalue weighted by Crippen LogP contribution is -2.59. The Morgan fingerprint density at radius 1 is 1.14 bits per heavy atom. The van der Waals surface area contributed by atoms with Gasteiger partial charge in [-0.25, -0.2) is 0 Å². The van der Waals surface area contributed by atoms with Crippen molar-refractivity contribution in [3.63, 3.8) is 0 Å². The zero-order chi connectivity index (χ0) is 20.0. The van der Waals surface area contributed by atoms with Crippen LogP contribution in [0.2, 0.25) is 0 Å². The van der Waals surface area contributed by atoms with Gasteiger partial charge in [-0.3, -0.25) is 4.79 Å². The minimum absolute atomic E-state index is 0.0308. The number of nitrogens with zero attached hydrogens (tertiary/aromatic N) is 1. The maximum Gasteiger partial charge on any atom is 0.255 e. The molecule has 2 aromatic carbocycles. The molecule has 2 aliphatic carbocycles. The van der Waals surface area contributed by atoms with Crippen LogP contribution in [-0.2, 0) is 11.8 Å². The fraction of sp³-hybridized carbons (Fsp3) is 0.480. The van der Waals surface area contributed by atoms with Crippen molar-refractivity contribution in [2.75, 3.05) is 26.0 Å². The third kappa shape index (κ3) is 3.05. The molecule has 2 fully saturated rings. The number of methoxy groups -OCH3 is 1. The van der Waals surface area contributed by atoms with Crippen molar-refractivity contribution in [1.29, 1.82) is 0 Å². The quantitative estimate of drug-likeness (QED) is 0.830. The van der Waals surface area contributed by atoms with Crippen LogP contribution in [0.1, 0.15) is 53.6 Å². The van der Waals surface area contributed by atoms with E-state index in [4.69, 9.17) is 4.74 Å². The highest BCUT2D eigenvalue weighted by Gasteiger charge is 2.53. The number of hydrogen-bond acceptors (Lipinski definition) is 3. The van der Waals surface area contributed by atoms with Crippen LogP contribution in [0.4, 0.5) is 5.69 Å². The highest BCUT2D eigenvalue weighted by molar-refractivity contribution is 6.04. The molecule has 4 heteroatoms. The summed E-state index contributed by atoms with van der Waals surface area (Å²) in [6.07, 6.45) is 7.62. The number of amides is 1. The topological polar surface area (TPSA) is 41.6 Å². The number of likely N-dealkylation sites (N-methyl/N-ethyl adjacent to an activating group) is 1. The average Bonchev–Trinajstić information content (AvgIpc) is 2.76. The van der Waals surface area contributed by atoms with Crippen LogP contribution in [0.3, 0.4) is 0 Å². The smallest absolute Gasteiger partial charge is 0.255 e. The molecule has 29 heavy (non-hydrogen) atoms. The van der Waals surface area contributed by atoms with Gasteiger partial charge in [-0.05, 0) is 92.7 Å². The minimum atomic E-state index is -0.0308. The average molecular weight is 391 g/mol. The van der Waals surface area contributed by atoms with Crippen molar-refractivity contribution in [3.8, 4) is 5.75 Å². The van der Waals surface area contributed by atoms with Gasteiger partial charge in [-0.2, -0.15) is 0 Å². The van der Waals surface area contributed by atoms with Crippen molar-refractivity contribution in [3.05, 3.63) is 59.2 Å². The Morgan fingerprint density at radius 3 is 2.76 bits per heavy atom. The summed E-state index contributed by atoms with van der Waals surface area (Å²) in [5.74, 6) is 1.50. The second-order valence-corrected chi connectivity index (χ2v) is 9.07. The molecular weight excluding hydrogens is 360 g/mol. The lowest BCUT2D eigenvalue weighted by Gasteiger charge is -2.58. The lowest BCUT2D eigenvalue weighted by molar-refractivity contribution is 0.00283. The van der Waals surface area contributed by atoms with E-state index in [0.717, 1.165) is 29.3 Å². The summed E-state index contributed by atoms with van der Waals surface area (Å²) < 4.78 is 5.20. The van der Waals surface area contributed by atoms with E-state index in [1.807, 2.05) is 30.3 Å². The Hall–Kier alpha value is -2.33. The Bertz CT molecular complexity index is 923. The Labute approximate surface area is 173 Å². The summed E-state index contributed by atoms with van der Waals surface area (Å²) in [6.45, 7) is 1.17. The maximum atomic E-state index is 13.0. The fourth-order valence-electron chi connectivity index (χ4n) is 6.22. The van der Waals surface area contributed by atoms with E-state index in [9.17, 15) is 4.79 Å². The number of carbonyl (C=O) groups is 1. The number of ether oxygens (including phenoxy) is 1. The third-order valence-electron chi connectivity index (χ3n) is 7.72. The number of benzene rings is 2. The van der Waals surface area contributed by atoms with Gasteiger partial charge in [0.05, 0.1) is 7.11 Å². The number of anilines is 1. The van der Waals surface area contributed by atoms with Crippen molar-refractivity contribution < 1.29 is 9.53 Å². The molecule has 2 aromatic rings. The molecule has 152 valence electrons. The molecule has 0 unspecified atom stereocenters. The molecule has 5 rings (SSSR count). The van der Waals surface area contributed by atoms with Gasteiger partial charge in [0.2, 0.25) is 0 Å². The van der Waals surface area contributed by atoms with Gasteiger partial charge in [-0.15, -0.1) is 0 Å². The van der Waals surface area contributed by atoms with E-state index in [1.165, 1.54) is 49.8 Å². The molecule has 1 heterocycles. The van der Waals surface area contributed by atoms with Gasteiger partial charge >= 0.3 is 0 Å². The second kappa shape index (κ2) is 7.17. The third-order valence-corrected chi connectivity index (χ3v) is 7.72. The van der Waals surface area contributed by atoms with Gasteiger partial charge in [0.25, 0.3) is 5.91 Å². The number of rotatable bonds is 3. The van der Waals surface area contributed by atoms with Crippen LogP contribution >= 0.6 is 0 Å². The predicted octanol–water partition coefficient (Wildman–Crippen LogP) is 4.64. The van der Waals surface area contributed by atoms with Crippen LogP contribution in [0.25, 0.3) is 0 Å². The van der Waals surface area contributed by atoms with E-state index in [1.54, 1.807) is 7.11 Å². The van der Waals surface area contributed by atoms with Crippen LogP contribution in [0.5, 0.6) is 5.75 Å². The van der Waals surface area contributed by atoms with E-state index in [0.29, 0.717) is 6.04 Å². The summed E-state index contributed by atoms with van der Waals surface area (Å²) in [5, 5.41) is 3.05. The Morgan fingerprint density at radius 2 is 1.97 bits per heavy atom. The first-order chi connectivity index (χ1) is 14.1. The number of nitrogens with one attached hydrogen (secondary N) is 1. The van der Waals surface area contributed by atoms with Crippen LogP contribution < -0.4 is 10.1 Å². The monoisotopic (exact) mass is 390 g/mol. The molecule has 4 nitrogen and oxygen atoms in total. The number of fused-ring (bicyclic) bond motifs is 1. The summed E-state index contributed by atoms with van der Waals surface area (Å²) >= 11 is 0. The largest absolute Gasteiger partial charge is 0.497 e. The summed E-state index contributed by atoms with van der Waals surface area (Å²) in [4.78, 5) is 15.6. The number of hydrogen-bond donors (Lipinski definition) is 1. The van der Waals surface area contributed by atoms with Crippen molar-refractivity contribution in [2.24, 2.45) is 5.92 Å². The molecule has 3 aliphatic rings. The summed E-state index contributed by atoms with van der Waals surface area (Å²) in [7, 11) is 3.94. The molecule has 1 amide bonds. The van der Waals surface area contributed by atoms with Crippen molar-refractivity contribution in [2.45, 2.75) is 50.0 Å². The highest BCUT2D eigenvalue weighted by atomic mass is 16.5. The molecule has 1 aliphatic heterocycles. The molecule has 2 bridgehead atoms. The van der Waals surface area contributed by atoms with E-state index >= 15 is 0 Å². The normalized spacial score (nSPS) is 28.2. The first kappa shape index (κ1) is 18.7. The first-order valence-corrected chi connectivity index (χ1v) is 10.9. The summed E-state index contributed by atoms with van der Waals surface area (Å²) in [6, 6.07) is 14.6. The van der Waals surface area contributed by atoms with Gasteiger partial charge < -0.3 is 15.0 Å². The van der Waals surface area contributed by atoms with Gasteiger partial charge in [0.1, 0.15) is 5.75 Å². The zero-order valence-electron chi connectivity index (χ0n) is 17.4. The van der Waals surface area contributed by atoms with E-state index in [2.05, 4.69) is 29.4 Å². The molecular formula is C25H30N2O2. The second-order valence-electron chi connectivity index (χ2n) is 9.07. The standard InChI is InChI=1S/C25H30N2O2/c1-27-14-13-25-12-4-3-5-21(25)23(27)16-17-6-7-18(15-22(17)25)24(28)26-19-8-10-20(29-2)11-9-19/h6-11,15,21,23H,3-5,12-14,16H2,1-2H3,(H,26,28)/t21-,23+,25+/m0/s1. The highest BCUT2D eigenvalue weighted by Crippen LogP contribution is 2.55. The number of likely N-dealkylation sites (tertiary alicyclic amines) is 1. The SMILES string of the molecule is COc1ccc(NC(=O)c2ccc3c(c2)[C@@]24CCCC[C@H]2[C@@H](C3)N(C)CC4)cc1. The van der Waals surface area contributed by atoms with Gasteiger partial charge in [0, 0.05) is 22.7 Å². The zero-order valence-corrected chi connectivity index (χ0v) is 17.4. The number of piperidine rings is 1. The van der Waals surface area contributed by atoms with Crippen LogP contribution in [0, 0.1) is 5.92 Å². The molecule has 3 atom stereocenters. The molecule has 1 saturated heterocycles. The molecule has 0 radical (unpaired) electrons. The van der Waals surface area contributed by atoms with Gasteiger partial charge in [0.15, 0.2) is 0 Å². The Balaban J connectivity index is 1.46. The van der Waals surface area contributed by atoms with E-state index in [-0.39, 0.29) is 11.3 Å².